The highest BCUT2D eigenvalue weighted by Gasteiger charge is 2.50. The predicted molar refractivity (Wildman–Crippen MR) is 93.9 cm³/mol. The van der Waals surface area contributed by atoms with Crippen molar-refractivity contribution in [3.63, 3.8) is 0 Å². The Labute approximate surface area is 152 Å². The average Bonchev–Trinajstić information content (AvgIpc) is 3.13. The Kier molecular flexibility index (Phi) is 5.11. The highest BCUT2D eigenvalue weighted by Crippen LogP contribution is 2.35. The first kappa shape index (κ1) is 18.5. The van der Waals surface area contributed by atoms with Crippen LogP contribution in [0.2, 0.25) is 0 Å². The molecule has 3 rings (SSSR count). The van der Waals surface area contributed by atoms with E-state index in [1.54, 1.807) is 7.11 Å². The van der Waals surface area contributed by atoms with E-state index in [-0.39, 0.29) is 24.9 Å². The van der Waals surface area contributed by atoms with Gasteiger partial charge in [-0.1, -0.05) is 12.1 Å². The summed E-state index contributed by atoms with van der Waals surface area (Å²) in [5.74, 6) is 0.631. The molecular weight excluding hydrogens is 336 g/mol. The van der Waals surface area contributed by atoms with Gasteiger partial charge in [0.25, 0.3) is 0 Å². The number of ketones is 1. The van der Waals surface area contributed by atoms with Crippen LogP contribution in [0.15, 0.2) is 28.8 Å². The minimum Gasteiger partial charge on any atom is -0.497 e. The summed E-state index contributed by atoms with van der Waals surface area (Å²) in [4.78, 5) is 17.3. The van der Waals surface area contributed by atoms with E-state index in [2.05, 4.69) is 10.1 Å². The summed E-state index contributed by atoms with van der Waals surface area (Å²) >= 11 is 0. The first-order chi connectivity index (χ1) is 12.4. The zero-order valence-corrected chi connectivity index (χ0v) is 15.6. The quantitative estimate of drug-likeness (QED) is 0.782. The molecule has 1 fully saturated rings. The lowest BCUT2D eigenvalue weighted by Crippen LogP contribution is -2.53. The standard InChI is InChI=1S/C19H24N2O5/c1-5-6-15(22)19(11-24-18(2,3)25-12-19)17-20-16(21-26-17)13-7-9-14(23-4)10-8-13/h7-10H,5-6,11-12H2,1-4H3. The molecular formula is C19H24N2O5. The van der Waals surface area contributed by atoms with E-state index in [0.717, 1.165) is 17.7 Å². The number of methoxy groups -OCH3 is 1. The normalized spacial score (nSPS) is 18.5. The summed E-state index contributed by atoms with van der Waals surface area (Å²) < 4.78 is 22.2. The highest BCUT2D eigenvalue weighted by atomic mass is 16.7. The Morgan fingerprint density at radius 3 is 2.42 bits per heavy atom. The van der Waals surface area contributed by atoms with Crippen LogP contribution in [-0.4, -0.2) is 42.0 Å². The van der Waals surface area contributed by atoms with Crippen molar-refractivity contribution in [3.05, 3.63) is 30.2 Å². The van der Waals surface area contributed by atoms with E-state index in [9.17, 15) is 4.79 Å². The molecule has 0 atom stereocenters. The fourth-order valence-corrected chi connectivity index (χ4v) is 2.82. The summed E-state index contributed by atoms with van der Waals surface area (Å²) in [5, 5.41) is 4.05. The van der Waals surface area contributed by atoms with Gasteiger partial charge in [-0.25, -0.2) is 0 Å². The molecule has 0 aliphatic carbocycles. The summed E-state index contributed by atoms with van der Waals surface area (Å²) in [6, 6.07) is 7.31. The predicted octanol–water partition coefficient (Wildman–Crippen LogP) is 3.14. The Morgan fingerprint density at radius 1 is 1.19 bits per heavy atom. The summed E-state index contributed by atoms with van der Waals surface area (Å²) in [7, 11) is 1.61. The SMILES string of the molecule is CCCC(=O)C1(c2nc(-c3ccc(OC)cc3)no2)COC(C)(C)OC1. The van der Waals surface area contributed by atoms with Crippen LogP contribution < -0.4 is 4.74 Å². The largest absolute Gasteiger partial charge is 0.497 e. The van der Waals surface area contributed by atoms with Crippen molar-refractivity contribution in [2.24, 2.45) is 0 Å². The maximum atomic E-state index is 12.9. The van der Waals surface area contributed by atoms with Gasteiger partial charge >= 0.3 is 0 Å². The third-order valence-corrected chi connectivity index (χ3v) is 4.53. The van der Waals surface area contributed by atoms with Gasteiger partial charge in [0.1, 0.15) is 5.75 Å². The first-order valence-electron chi connectivity index (χ1n) is 8.70. The van der Waals surface area contributed by atoms with Crippen molar-refractivity contribution in [3.8, 4) is 17.1 Å². The van der Waals surface area contributed by atoms with Gasteiger partial charge in [0, 0.05) is 12.0 Å². The van der Waals surface area contributed by atoms with Gasteiger partial charge in [-0.05, 0) is 44.5 Å². The molecule has 7 nitrogen and oxygen atoms in total. The van der Waals surface area contributed by atoms with Gasteiger partial charge < -0.3 is 18.7 Å². The number of benzene rings is 1. The molecule has 2 aromatic rings. The second-order valence-electron chi connectivity index (χ2n) is 6.88. The van der Waals surface area contributed by atoms with Gasteiger partial charge in [0.2, 0.25) is 11.7 Å². The Balaban J connectivity index is 1.92. The topological polar surface area (TPSA) is 83.7 Å². The molecule has 0 bridgehead atoms. The van der Waals surface area contributed by atoms with Crippen LogP contribution in [0.25, 0.3) is 11.4 Å². The van der Waals surface area contributed by atoms with Crippen LogP contribution in [-0.2, 0) is 19.7 Å². The fraction of sp³-hybridized carbons (Fsp3) is 0.526. The number of rotatable bonds is 6. The molecule has 7 heteroatoms. The molecule has 1 aromatic heterocycles. The molecule has 1 aromatic carbocycles. The molecule has 0 amide bonds. The van der Waals surface area contributed by atoms with Gasteiger partial charge in [-0.15, -0.1) is 0 Å². The van der Waals surface area contributed by atoms with Gasteiger partial charge in [-0.3, -0.25) is 4.79 Å². The van der Waals surface area contributed by atoms with Crippen LogP contribution in [0.1, 0.15) is 39.5 Å². The van der Waals surface area contributed by atoms with Gasteiger partial charge in [-0.2, -0.15) is 4.98 Å². The molecule has 2 heterocycles. The van der Waals surface area contributed by atoms with Crippen LogP contribution in [0.3, 0.4) is 0 Å². The molecule has 0 saturated carbocycles. The molecule has 0 unspecified atom stereocenters. The van der Waals surface area contributed by atoms with Crippen molar-refractivity contribution in [1.82, 2.24) is 10.1 Å². The first-order valence-corrected chi connectivity index (χ1v) is 8.70. The monoisotopic (exact) mass is 360 g/mol. The number of hydrogen-bond donors (Lipinski definition) is 0. The maximum Gasteiger partial charge on any atom is 0.245 e. The third-order valence-electron chi connectivity index (χ3n) is 4.53. The molecule has 26 heavy (non-hydrogen) atoms. The number of Topliss-reactive ketones (excluding diaryl/α,β-unsaturated/α-hetero) is 1. The molecule has 0 N–H and O–H groups in total. The summed E-state index contributed by atoms with van der Waals surface area (Å²) in [6.45, 7) is 5.90. The van der Waals surface area contributed by atoms with Gasteiger partial charge in [0.15, 0.2) is 17.0 Å². The zero-order chi connectivity index (χ0) is 18.8. The van der Waals surface area contributed by atoms with Crippen LogP contribution in [0.5, 0.6) is 5.75 Å². The smallest absolute Gasteiger partial charge is 0.245 e. The van der Waals surface area contributed by atoms with E-state index in [1.165, 1.54) is 0 Å². The third kappa shape index (κ3) is 3.50. The molecule has 1 aliphatic rings. The van der Waals surface area contributed by atoms with E-state index >= 15 is 0 Å². The van der Waals surface area contributed by atoms with E-state index < -0.39 is 11.2 Å². The van der Waals surface area contributed by atoms with Crippen molar-refractivity contribution in [2.75, 3.05) is 20.3 Å². The average molecular weight is 360 g/mol. The summed E-state index contributed by atoms with van der Waals surface area (Å²) in [6.07, 6.45) is 1.12. The van der Waals surface area contributed by atoms with Crippen LogP contribution >= 0.6 is 0 Å². The second-order valence-corrected chi connectivity index (χ2v) is 6.88. The van der Waals surface area contributed by atoms with Crippen molar-refractivity contribution in [2.45, 2.75) is 44.8 Å². The molecule has 0 spiro atoms. The number of hydrogen-bond acceptors (Lipinski definition) is 7. The number of carbonyl (C=O) groups is 1. The highest BCUT2D eigenvalue weighted by molar-refractivity contribution is 5.89. The number of nitrogens with zero attached hydrogens (tertiary/aromatic N) is 2. The minimum absolute atomic E-state index is 0.0135. The number of ether oxygens (including phenoxy) is 3. The zero-order valence-electron chi connectivity index (χ0n) is 15.6. The fourth-order valence-electron chi connectivity index (χ4n) is 2.82. The molecule has 0 radical (unpaired) electrons. The van der Waals surface area contributed by atoms with Gasteiger partial charge in [0.05, 0.1) is 20.3 Å². The Morgan fingerprint density at radius 2 is 1.85 bits per heavy atom. The number of aromatic nitrogens is 2. The van der Waals surface area contributed by atoms with Crippen LogP contribution in [0, 0.1) is 0 Å². The van der Waals surface area contributed by atoms with Crippen LogP contribution in [0.4, 0.5) is 0 Å². The second kappa shape index (κ2) is 7.17. The molecule has 140 valence electrons. The Hall–Kier alpha value is -2.25. The lowest BCUT2D eigenvalue weighted by molar-refractivity contribution is -0.268. The number of carbonyl (C=O) groups excluding carboxylic acids is 1. The van der Waals surface area contributed by atoms with Crippen molar-refractivity contribution < 1.29 is 23.5 Å². The van der Waals surface area contributed by atoms with Crippen molar-refractivity contribution in [1.29, 1.82) is 0 Å². The lowest BCUT2D eigenvalue weighted by atomic mass is 9.81. The van der Waals surface area contributed by atoms with E-state index in [1.807, 2.05) is 45.0 Å². The summed E-state index contributed by atoms with van der Waals surface area (Å²) in [5.41, 5.74) is -0.291. The van der Waals surface area contributed by atoms with Crippen molar-refractivity contribution >= 4 is 5.78 Å². The molecule has 1 saturated heterocycles. The Bertz CT molecular complexity index is 756. The maximum absolute atomic E-state index is 12.9. The lowest BCUT2D eigenvalue weighted by Gasteiger charge is -2.40. The van der Waals surface area contributed by atoms with E-state index in [0.29, 0.717) is 12.2 Å². The minimum atomic E-state index is -1.07. The molecule has 1 aliphatic heterocycles. The van der Waals surface area contributed by atoms with E-state index in [4.69, 9.17) is 18.7 Å².